The highest BCUT2D eigenvalue weighted by Gasteiger charge is 2.08. The second kappa shape index (κ2) is 7.00. The van der Waals surface area contributed by atoms with Gasteiger partial charge in [0.2, 0.25) is 5.91 Å². The lowest BCUT2D eigenvalue weighted by molar-refractivity contribution is -0.117. The molecule has 2 rings (SSSR count). The van der Waals surface area contributed by atoms with Crippen LogP contribution in [0.4, 0.5) is 5.69 Å². The van der Waals surface area contributed by atoms with Crippen LogP contribution in [0.25, 0.3) is 10.2 Å². The Morgan fingerprint density at radius 1 is 1.43 bits per heavy atom. The predicted octanol–water partition coefficient (Wildman–Crippen LogP) is 1.36. The van der Waals surface area contributed by atoms with Crippen molar-refractivity contribution in [1.29, 1.82) is 0 Å². The molecule has 110 valence electrons. The average molecular weight is 321 g/mol. The van der Waals surface area contributed by atoms with E-state index < -0.39 is 0 Å². The van der Waals surface area contributed by atoms with Crippen molar-refractivity contribution >= 4 is 44.9 Å². The largest absolute Gasteiger partial charge is 0.405 e. The minimum atomic E-state index is -0.173. The lowest BCUT2D eigenvalue weighted by atomic mass is 10.3. The molecule has 1 aromatic heterocycles. The van der Waals surface area contributed by atoms with Crippen molar-refractivity contribution in [3.8, 4) is 0 Å². The van der Waals surface area contributed by atoms with Crippen molar-refractivity contribution in [2.45, 2.75) is 4.34 Å². The van der Waals surface area contributed by atoms with Crippen LogP contribution in [0, 0.1) is 0 Å². The van der Waals surface area contributed by atoms with E-state index in [0.29, 0.717) is 11.4 Å². The molecule has 0 saturated carbocycles. The van der Waals surface area contributed by atoms with Gasteiger partial charge in [-0.15, -0.1) is 11.3 Å². The number of allylic oxidation sites excluding steroid dienone is 1. The second-order valence-electron chi connectivity index (χ2n) is 4.02. The highest BCUT2D eigenvalue weighted by Crippen LogP contribution is 2.30. The fraction of sp³-hybridized carbons (Fsp3) is 0.0769. The smallest absolute Gasteiger partial charge is 0.234 e. The molecule has 0 saturated heterocycles. The molecular weight excluding hydrogens is 306 g/mol. The van der Waals surface area contributed by atoms with Gasteiger partial charge in [0.25, 0.3) is 0 Å². The van der Waals surface area contributed by atoms with Gasteiger partial charge >= 0.3 is 0 Å². The monoisotopic (exact) mass is 321 g/mol. The number of thioether (sulfide) groups is 1. The van der Waals surface area contributed by atoms with Crippen LogP contribution in [0.1, 0.15) is 0 Å². The number of fused-ring (bicyclic) bond motifs is 1. The molecule has 21 heavy (non-hydrogen) atoms. The molecule has 0 aliphatic carbocycles. The molecule has 1 aromatic carbocycles. The molecule has 8 heteroatoms. The number of hydrogen-bond acceptors (Lipinski definition) is 7. The summed E-state index contributed by atoms with van der Waals surface area (Å²) < 4.78 is 1.82. The number of nitrogen functional groups attached to an aromatic ring is 1. The van der Waals surface area contributed by atoms with E-state index in [-0.39, 0.29) is 11.7 Å². The van der Waals surface area contributed by atoms with Gasteiger partial charge in [0, 0.05) is 11.9 Å². The van der Waals surface area contributed by atoms with Crippen molar-refractivity contribution < 1.29 is 4.79 Å². The first-order valence-electron chi connectivity index (χ1n) is 6.01. The summed E-state index contributed by atoms with van der Waals surface area (Å²) in [6, 6.07) is 5.55. The number of amides is 1. The van der Waals surface area contributed by atoms with Crippen molar-refractivity contribution in [2.24, 2.45) is 11.5 Å². The lowest BCUT2D eigenvalue weighted by Gasteiger charge is -2.03. The summed E-state index contributed by atoms with van der Waals surface area (Å²) >= 11 is 2.87. The van der Waals surface area contributed by atoms with Gasteiger partial charge in [-0.05, 0) is 30.5 Å². The van der Waals surface area contributed by atoms with E-state index in [4.69, 9.17) is 17.2 Å². The summed E-state index contributed by atoms with van der Waals surface area (Å²) in [7, 11) is 0. The zero-order valence-electron chi connectivity index (χ0n) is 11.1. The Hall–Kier alpha value is -2.19. The van der Waals surface area contributed by atoms with Gasteiger partial charge in [-0.3, -0.25) is 4.79 Å². The summed E-state index contributed by atoms with van der Waals surface area (Å²) in [5.74, 6) is 0.0685. The van der Waals surface area contributed by atoms with Crippen LogP contribution in [0.3, 0.4) is 0 Å². The first-order valence-corrected chi connectivity index (χ1v) is 7.81. The molecule has 0 aliphatic heterocycles. The van der Waals surface area contributed by atoms with Gasteiger partial charge in [0.05, 0.1) is 21.7 Å². The van der Waals surface area contributed by atoms with E-state index in [0.717, 1.165) is 14.6 Å². The number of rotatable bonds is 5. The predicted molar refractivity (Wildman–Crippen MR) is 88.5 cm³/mol. The topological polar surface area (TPSA) is 120 Å². The van der Waals surface area contributed by atoms with E-state index in [1.54, 1.807) is 6.07 Å². The molecule has 0 radical (unpaired) electrons. The number of thiazole rings is 1. The van der Waals surface area contributed by atoms with E-state index in [9.17, 15) is 4.79 Å². The van der Waals surface area contributed by atoms with Crippen molar-refractivity contribution in [2.75, 3.05) is 11.5 Å². The zero-order chi connectivity index (χ0) is 15.2. The fourth-order valence-corrected chi connectivity index (χ4v) is 3.47. The Kier molecular flexibility index (Phi) is 5.07. The molecule has 0 unspecified atom stereocenters. The molecular formula is C13H15N5OS2. The zero-order valence-corrected chi connectivity index (χ0v) is 12.7. The molecule has 0 fully saturated rings. The van der Waals surface area contributed by atoms with Gasteiger partial charge in [-0.1, -0.05) is 11.8 Å². The molecule has 6 nitrogen and oxygen atoms in total. The fourth-order valence-electron chi connectivity index (χ4n) is 1.55. The number of nitrogens with one attached hydrogen (secondary N) is 1. The van der Waals surface area contributed by atoms with Crippen molar-refractivity contribution in [3.05, 3.63) is 42.4 Å². The molecule has 0 bridgehead atoms. The summed E-state index contributed by atoms with van der Waals surface area (Å²) in [6.07, 6.45) is 4.11. The third-order valence-electron chi connectivity index (χ3n) is 2.46. The van der Waals surface area contributed by atoms with Crippen LogP contribution in [0.2, 0.25) is 0 Å². The number of nitrogens with two attached hydrogens (primary N) is 3. The van der Waals surface area contributed by atoms with Gasteiger partial charge < -0.3 is 22.5 Å². The highest BCUT2D eigenvalue weighted by molar-refractivity contribution is 8.01. The summed E-state index contributed by atoms with van der Waals surface area (Å²) in [5.41, 5.74) is 18.4. The van der Waals surface area contributed by atoms with Crippen molar-refractivity contribution in [1.82, 2.24) is 10.3 Å². The minimum absolute atomic E-state index is 0.173. The van der Waals surface area contributed by atoms with Gasteiger partial charge in [-0.25, -0.2) is 4.98 Å². The van der Waals surface area contributed by atoms with Crippen molar-refractivity contribution in [3.63, 3.8) is 0 Å². The number of benzene rings is 1. The third-order valence-corrected chi connectivity index (χ3v) is 4.62. The van der Waals surface area contributed by atoms with Gasteiger partial charge in [0.1, 0.15) is 0 Å². The van der Waals surface area contributed by atoms with Crippen LogP contribution >= 0.6 is 23.1 Å². The van der Waals surface area contributed by atoms with Crippen LogP contribution in [0.15, 0.2) is 46.7 Å². The molecule has 0 atom stereocenters. The summed E-state index contributed by atoms with van der Waals surface area (Å²) in [6.45, 7) is 0. The Bertz CT molecular complexity index is 708. The average Bonchev–Trinajstić information content (AvgIpc) is 2.86. The van der Waals surface area contributed by atoms with E-state index >= 15 is 0 Å². The summed E-state index contributed by atoms with van der Waals surface area (Å²) in [4.78, 5) is 16.2. The second-order valence-corrected chi connectivity index (χ2v) is 6.28. The van der Waals surface area contributed by atoms with Crippen LogP contribution in [-0.2, 0) is 4.79 Å². The number of aromatic nitrogens is 1. The van der Waals surface area contributed by atoms with Gasteiger partial charge in [-0.2, -0.15) is 0 Å². The molecule has 1 amide bonds. The molecule has 2 aromatic rings. The Labute approximate surface area is 130 Å². The maximum Gasteiger partial charge on any atom is 0.234 e. The standard InChI is InChI=1S/C13H15N5OS2/c14-4-3-9(6-15)17-12(19)7-20-13-18-10-2-1-8(16)5-11(10)21-13/h1-6H,7,14-16H2,(H,17,19)/b4-3-,9-6+. The third kappa shape index (κ3) is 4.14. The first-order chi connectivity index (χ1) is 10.1. The van der Waals surface area contributed by atoms with E-state index in [2.05, 4.69) is 10.3 Å². The Morgan fingerprint density at radius 3 is 2.95 bits per heavy atom. The molecule has 0 aliphatic rings. The van der Waals surface area contributed by atoms with E-state index in [1.165, 1.54) is 41.6 Å². The number of carbonyl (C=O) groups excluding carboxylic acids is 1. The Morgan fingerprint density at radius 2 is 2.24 bits per heavy atom. The maximum absolute atomic E-state index is 11.8. The van der Waals surface area contributed by atoms with Crippen LogP contribution in [0.5, 0.6) is 0 Å². The molecule has 7 N–H and O–H groups in total. The van der Waals surface area contributed by atoms with E-state index in [1.807, 2.05) is 12.1 Å². The SMILES string of the molecule is N/C=C\C(=C/N)NC(=O)CSc1nc2ccc(N)cc2s1. The highest BCUT2D eigenvalue weighted by atomic mass is 32.2. The quantitative estimate of drug-likeness (QED) is 0.375. The number of anilines is 1. The Balaban J connectivity index is 1.96. The minimum Gasteiger partial charge on any atom is -0.405 e. The number of hydrogen-bond donors (Lipinski definition) is 4. The first kappa shape index (κ1) is 15.2. The van der Waals surface area contributed by atoms with Gasteiger partial charge in [0.15, 0.2) is 4.34 Å². The van der Waals surface area contributed by atoms with Crippen LogP contribution < -0.4 is 22.5 Å². The number of nitrogens with zero attached hydrogens (tertiary/aromatic N) is 1. The maximum atomic E-state index is 11.8. The normalized spacial score (nSPS) is 12.1. The number of carbonyl (C=O) groups is 1. The summed E-state index contributed by atoms with van der Waals surface area (Å²) in [5, 5.41) is 2.65. The molecule has 0 spiro atoms. The lowest BCUT2D eigenvalue weighted by Crippen LogP contribution is -2.24. The van der Waals surface area contributed by atoms with Crippen LogP contribution in [-0.4, -0.2) is 16.6 Å². The molecule has 1 heterocycles.